The third-order valence-corrected chi connectivity index (χ3v) is 4.86. The van der Waals surface area contributed by atoms with Gasteiger partial charge in [0.15, 0.2) is 0 Å². The van der Waals surface area contributed by atoms with Gasteiger partial charge >= 0.3 is 0 Å². The lowest BCUT2D eigenvalue weighted by Crippen LogP contribution is -2.60. The molecule has 21 heavy (non-hydrogen) atoms. The number of hydrogen-bond donors (Lipinski definition) is 1. The molecule has 1 aliphatic rings. The van der Waals surface area contributed by atoms with Crippen LogP contribution in [0, 0.1) is 0 Å². The minimum absolute atomic E-state index is 0.140. The van der Waals surface area contributed by atoms with E-state index in [4.69, 9.17) is 0 Å². The number of hydrogen-bond acceptors (Lipinski definition) is 4. The molecule has 1 aromatic heterocycles. The lowest BCUT2D eigenvalue weighted by molar-refractivity contribution is 0.0602. The summed E-state index contributed by atoms with van der Waals surface area (Å²) < 4.78 is 1.90. The summed E-state index contributed by atoms with van der Waals surface area (Å²) in [7, 11) is 1.98. The van der Waals surface area contributed by atoms with Crippen LogP contribution in [0.2, 0.25) is 0 Å². The van der Waals surface area contributed by atoms with Gasteiger partial charge in [-0.15, -0.1) is 0 Å². The van der Waals surface area contributed by atoms with Crippen LogP contribution < -0.4 is 5.32 Å². The Bertz CT molecular complexity index is 420. The Morgan fingerprint density at radius 2 is 2.00 bits per heavy atom. The number of aromatic nitrogens is 3. The summed E-state index contributed by atoms with van der Waals surface area (Å²) in [6.07, 6.45) is 7.77. The van der Waals surface area contributed by atoms with Crippen LogP contribution in [0.25, 0.3) is 0 Å². The molecule has 1 aromatic rings. The molecule has 1 N–H and O–H groups in total. The summed E-state index contributed by atoms with van der Waals surface area (Å²) in [5.74, 6) is 1.06. The quantitative estimate of drug-likeness (QED) is 0.835. The van der Waals surface area contributed by atoms with E-state index in [2.05, 4.69) is 41.1 Å². The molecule has 0 amide bonds. The third-order valence-electron chi connectivity index (χ3n) is 4.86. The normalized spacial score (nSPS) is 18.9. The van der Waals surface area contributed by atoms with Gasteiger partial charge in [-0.3, -0.25) is 9.58 Å². The van der Waals surface area contributed by atoms with Crippen molar-refractivity contribution in [3.8, 4) is 0 Å². The average molecular weight is 293 g/mol. The Kier molecular flexibility index (Phi) is 5.76. The van der Waals surface area contributed by atoms with Crippen molar-refractivity contribution in [3.63, 3.8) is 0 Å². The molecule has 1 unspecified atom stereocenters. The summed E-state index contributed by atoms with van der Waals surface area (Å²) >= 11 is 0. The molecule has 5 heteroatoms. The van der Waals surface area contributed by atoms with Gasteiger partial charge in [-0.2, -0.15) is 5.10 Å². The first-order valence-corrected chi connectivity index (χ1v) is 8.37. The smallest absolute Gasteiger partial charge is 0.138 e. The van der Waals surface area contributed by atoms with Crippen LogP contribution in [-0.4, -0.2) is 50.9 Å². The summed E-state index contributed by atoms with van der Waals surface area (Å²) in [5, 5.41) is 7.96. The Morgan fingerprint density at radius 1 is 1.29 bits per heavy atom. The molecule has 0 aliphatic carbocycles. The summed E-state index contributed by atoms with van der Waals surface area (Å²) in [4.78, 5) is 7.07. The minimum atomic E-state index is 0.140. The highest BCUT2D eigenvalue weighted by molar-refractivity contribution is 5.00. The highest BCUT2D eigenvalue weighted by atomic mass is 15.3. The van der Waals surface area contributed by atoms with Gasteiger partial charge in [0, 0.05) is 25.0 Å². The highest BCUT2D eigenvalue weighted by Gasteiger charge is 2.36. The van der Waals surface area contributed by atoms with Crippen LogP contribution in [-0.2, 0) is 13.5 Å². The van der Waals surface area contributed by atoms with Gasteiger partial charge in [0.1, 0.15) is 12.2 Å². The Balaban J connectivity index is 2.11. The highest BCUT2D eigenvalue weighted by Crippen LogP contribution is 2.25. The molecular weight excluding hydrogens is 262 g/mol. The monoisotopic (exact) mass is 293 g/mol. The number of likely N-dealkylation sites (tertiary alicyclic amines) is 1. The second-order valence-corrected chi connectivity index (χ2v) is 6.71. The fourth-order valence-corrected chi connectivity index (χ4v) is 3.27. The molecule has 1 aliphatic heterocycles. The molecule has 0 bridgehead atoms. The fraction of sp³-hybridized carbons (Fsp3) is 0.875. The van der Waals surface area contributed by atoms with Gasteiger partial charge in [-0.1, -0.05) is 13.3 Å². The predicted octanol–water partition coefficient (Wildman–Crippen LogP) is 1.99. The first-order chi connectivity index (χ1) is 10.1. The lowest BCUT2D eigenvalue weighted by atomic mass is 9.87. The van der Waals surface area contributed by atoms with Crippen molar-refractivity contribution in [1.82, 2.24) is 25.0 Å². The molecule has 1 fully saturated rings. The van der Waals surface area contributed by atoms with E-state index in [0.29, 0.717) is 6.04 Å². The van der Waals surface area contributed by atoms with Gasteiger partial charge in [-0.25, -0.2) is 4.98 Å². The van der Waals surface area contributed by atoms with Gasteiger partial charge < -0.3 is 5.32 Å². The minimum Gasteiger partial charge on any atom is -0.312 e. The molecule has 2 heterocycles. The molecule has 0 radical (unpaired) electrons. The summed E-state index contributed by atoms with van der Waals surface area (Å²) in [5.41, 5.74) is 0.140. The van der Waals surface area contributed by atoms with Crippen molar-refractivity contribution in [2.75, 3.05) is 19.6 Å². The largest absolute Gasteiger partial charge is 0.312 e. The van der Waals surface area contributed by atoms with Gasteiger partial charge in [0.25, 0.3) is 0 Å². The number of nitrogens with one attached hydrogen (secondary N) is 1. The van der Waals surface area contributed by atoms with E-state index < -0.39 is 0 Å². The van der Waals surface area contributed by atoms with Crippen LogP contribution >= 0.6 is 0 Å². The van der Waals surface area contributed by atoms with Crippen molar-refractivity contribution in [2.45, 2.75) is 64.5 Å². The van der Waals surface area contributed by atoms with Crippen molar-refractivity contribution in [1.29, 1.82) is 0 Å². The first kappa shape index (κ1) is 16.4. The molecular formula is C16H31N5. The van der Waals surface area contributed by atoms with E-state index in [1.165, 1.54) is 32.4 Å². The van der Waals surface area contributed by atoms with Gasteiger partial charge in [0.05, 0.1) is 0 Å². The van der Waals surface area contributed by atoms with Crippen LogP contribution in [0.5, 0.6) is 0 Å². The SMILES string of the molecule is CCCNC(Cc1ncnn1C)C(C)(C)N1CCCCC1. The van der Waals surface area contributed by atoms with Gasteiger partial charge in [-0.05, 0) is 52.7 Å². The second-order valence-electron chi connectivity index (χ2n) is 6.71. The maximum atomic E-state index is 4.42. The van der Waals surface area contributed by atoms with Crippen LogP contribution in [0.4, 0.5) is 0 Å². The number of aryl methyl sites for hydroxylation is 1. The maximum Gasteiger partial charge on any atom is 0.138 e. The van der Waals surface area contributed by atoms with Crippen molar-refractivity contribution in [2.24, 2.45) is 7.05 Å². The molecule has 1 atom stereocenters. The summed E-state index contributed by atoms with van der Waals surface area (Å²) in [6, 6.07) is 0.401. The molecule has 0 saturated carbocycles. The standard InChI is InChI=1S/C16H31N5/c1-5-9-17-14(12-15-18-13-19-20(15)4)16(2,3)21-10-7-6-8-11-21/h13-14,17H,5-12H2,1-4H3. The van der Waals surface area contributed by atoms with Crippen molar-refractivity contribution >= 4 is 0 Å². The molecule has 5 nitrogen and oxygen atoms in total. The van der Waals surface area contributed by atoms with Crippen LogP contribution in [0.3, 0.4) is 0 Å². The van der Waals surface area contributed by atoms with E-state index in [1.807, 2.05) is 11.7 Å². The average Bonchev–Trinajstić information content (AvgIpc) is 2.89. The number of nitrogens with zero attached hydrogens (tertiary/aromatic N) is 4. The van der Waals surface area contributed by atoms with E-state index in [9.17, 15) is 0 Å². The maximum absolute atomic E-state index is 4.42. The Morgan fingerprint density at radius 3 is 2.57 bits per heavy atom. The van der Waals surface area contributed by atoms with Gasteiger partial charge in [0.2, 0.25) is 0 Å². The lowest BCUT2D eigenvalue weighted by Gasteiger charge is -2.46. The molecule has 1 saturated heterocycles. The van der Waals surface area contributed by atoms with E-state index in [-0.39, 0.29) is 5.54 Å². The molecule has 0 aromatic carbocycles. The zero-order valence-electron chi connectivity index (χ0n) is 14.1. The second kappa shape index (κ2) is 7.36. The number of piperidine rings is 1. The van der Waals surface area contributed by atoms with Crippen LogP contribution in [0.1, 0.15) is 52.3 Å². The van der Waals surface area contributed by atoms with E-state index >= 15 is 0 Å². The van der Waals surface area contributed by atoms with E-state index in [0.717, 1.165) is 25.2 Å². The Hall–Kier alpha value is -0.940. The third kappa shape index (κ3) is 4.04. The predicted molar refractivity (Wildman–Crippen MR) is 86.3 cm³/mol. The fourth-order valence-electron chi connectivity index (χ4n) is 3.27. The first-order valence-electron chi connectivity index (χ1n) is 8.37. The zero-order chi connectivity index (χ0) is 15.3. The molecule has 0 spiro atoms. The van der Waals surface area contributed by atoms with Crippen molar-refractivity contribution in [3.05, 3.63) is 12.2 Å². The number of rotatable bonds is 7. The zero-order valence-corrected chi connectivity index (χ0v) is 14.1. The molecule has 120 valence electrons. The topological polar surface area (TPSA) is 46.0 Å². The summed E-state index contributed by atoms with van der Waals surface area (Å²) in [6.45, 7) is 10.5. The van der Waals surface area contributed by atoms with Crippen LogP contribution in [0.15, 0.2) is 6.33 Å². The van der Waals surface area contributed by atoms with E-state index in [1.54, 1.807) is 6.33 Å². The molecule has 2 rings (SSSR count). The Labute approximate surface area is 129 Å². The van der Waals surface area contributed by atoms with Crippen molar-refractivity contribution < 1.29 is 0 Å².